The van der Waals surface area contributed by atoms with Crippen LogP contribution in [0.3, 0.4) is 0 Å². The normalized spacial score (nSPS) is 15.2. The molecule has 25 heavy (non-hydrogen) atoms. The van der Waals surface area contributed by atoms with Gasteiger partial charge in [-0.1, -0.05) is 35.3 Å². The van der Waals surface area contributed by atoms with Crippen molar-refractivity contribution in [2.24, 2.45) is 0 Å². The van der Waals surface area contributed by atoms with Gasteiger partial charge in [0, 0.05) is 25.3 Å². The molecule has 4 nitrogen and oxygen atoms in total. The zero-order valence-corrected chi connectivity index (χ0v) is 14.9. The molecule has 132 valence electrons. The average Bonchev–Trinajstić information content (AvgIpc) is 2.59. The SMILES string of the molecule is O=C(Nc1cccc(CN2CCOCC2)c1)c1cc(F)c(Cl)cc1Cl. The smallest absolute Gasteiger partial charge is 0.257 e. The standard InChI is InChI=1S/C18H17Cl2FN2O2/c19-15-10-16(20)17(21)9-14(15)18(24)22-13-3-1-2-12(8-13)11-23-4-6-25-7-5-23/h1-3,8-10H,4-7,11H2,(H,22,24). The predicted octanol–water partition coefficient (Wildman–Crippen LogP) is 4.22. The van der Waals surface area contributed by atoms with Crippen molar-refractivity contribution in [2.75, 3.05) is 31.6 Å². The second-order valence-corrected chi connectivity index (χ2v) is 6.60. The fourth-order valence-corrected chi connectivity index (χ4v) is 3.13. The average molecular weight is 383 g/mol. The molecule has 1 N–H and O–H groups in total. The third-order valence-corrected chi connectivity index (χ3v) is 4.55. The van der Waals surface area contributed by atoms with Gasteiger partial charge < -0.3 is 10.1 Å². The number of anilines is 1. The number of nitrogens with one attached hydrogen (secondary N) is 1. The van der Waals surface area contributed by atoms with Gasteiger partial charge in [-0.25, -0.2) is 4.39 Å². The molecule has 1 aliphatic heterocycles. The van der Waals surface area contributed by atoms with Crippen LogP contribution in [0.2, 0.25) is 10.0 Å². The summed E-state index contributed by atoms with van der Waals surface area (Å²) in [6, 6.07) is 9.81. The van der Waals surface area contributed by atoms with Gasteiger partial charge in [0.2, 0.25) is 0 Å². The van der Waals surface area contributed by atoms with Crippen LogP contribution in [-0.4, -0.2) is 37.1 Å². The summed E-state index contributed by atoms with van der Waals surface area (Å²) in [6.45, 7) is 4.02. The zero-order chi connectivity index (χ0) is 17.8. The number of carbonyl (C=O) groups is 1. The number of nitrogens with zero attached hydrogens (tertiary/aromatic N) is 1. The predicted molar refractivity (Wildman–Crippen MR) is 96.9 cm³/mol. The number of amides is 1. The highest BCUT2D eigenvalue weighted by molar-refractivity contribution is 6.37. The number of ether oxygens (including phenoxy) is 1. The van der Waals surface area contributed by atoms with Crippen LogP contribution in [-0.2, 0) is 11.3 Å². The Hall–Kier alpha value is -1.66. The second-order valence-electron chi connectivity index (χ2n) is 5.79. The minimum atomic E-state index is -0.683. The first kappa shape index (κ1) is 18.1. The molecule has 0 radical (unpaired) electrons. The molecule has 1 saturated heterocycles. The van der Waals surface area contributed by atoms with E-state index in [4.69, 9.17) is 27.9 Å². The lowest BCUT2D eigenvalue weighted by Crippen LogP contribution is -2.35. The molecule has 0 aliphatic carbocycles. The van der Waals surface area contributed by atoms with Gasteiger partial charge in [0.1, 0.15) is 5.82 Å². The van der Waals surface area contributed by atoms with Gasteiger partial charge in [0.05, 0.1) is 28.8 Å². The molecule has 1 heterocycles. The molecular weight excluding hydrogens is 366 g/mol. The molecule has 0 unspecified atom stereocenters. The van der Waals surface area contributed by atoms with Gasteiger partial charge >= 0.3 is 0 Å². The van der Waals surface area contributed by atoms with E-state index in [-0.39, 0.29) is 15.6 Å². The molecule has 0 saturated carbocycles. The largest absolute Gasteiger partial charge is 0.379 e. The maximum absolute atomic E-state index is 13.6. The lowest BCUT2D eigenvalue weighted by Gasteiger charge is -2.26. The van der Waals surface area contributed by atoms with Crippen LogP contribution in [0.1, 0.15) is 15.9 Å². The van der Waals surface area contributed by atoms with Crippen molar-refractivity contribution in [3.05, 3.63) is 63.4 Å². The number of hydrogen-bond acceptors (Lipinski definition) is 3. The van der Waals surface area contributed by atoms with Crippen molar-refractivity contribution >= 4 is 34.8 Å². The van der Waals surface area contributed by atoms with Crippen molar-refractivity contribution < 1.29 is 13.9 Å². The fraction of sp³-hybridized carbons (Fsp3) is 0.278. The van der Waals surface area contributed by atoms with Crippen LogP contribution in [0.25, 0.3) is 0 Å². The second kappa shape index (κ2) is 8.15. The Kier molecular flexibility index (Phi) is 5.91. The number of benzene rings is 2. The molecule has 0 spiro atoms. The molecular formula is C18H17Cl2FN2O2. The van der Waals surface area contributed by atoms with Crippen molar-refractivity contribution in [3.8, 4) is 0 Å². The molecule has 2 aromatic rings. The Balaban J connectivity index is 1.71. The van der Waals surface area contributed by atoms with Crippen LogP contribution in [0.4, 0.5) is 10.1 Å². The molecule has 1 aliphatic rings. The van der Waals surface area contributed by atoms with E-state index in [1.807, 2.05) is 18.2 Å². The summed E-state index contributed by atoms with van der Waals surface area (Å²) in [4.78, 5) is 14.7. The first-order valence-electron chi connectivity index (χ1n) is 7.88. The summed E-state index contributed by atoms with van der Waals surface area (Å²) >= 11 is 11.7. The minimum Gasteiger partial charge on any atom is -0.379 e. The third-order valence-electron chi connectivity index (χ3n) is 3.95. The molecule has 0 aromatic heterocycles. The van der Waals surface area contributed by atoms with Crippen LogP contribution >= 0.6 is 23.2 Å². The van der Waals surface area contributed by atoms with Crippen LogP contribution in [0.15, 0.2) is 36.4 Å². The molecule has 7 heteroatoms. The summed E-state index contributed by atoms with van der Waals surface area (Å²) in [7, 11) is 0. The van der Waals surface area contributed by atoms with E-state index >= 15 is 0 Å². The van der Waals surface area contributed by atoms with E-state index in [0.717, 1.165) is 44.5 Å². The highest BCUT2D eigenvalue weighted by atomic mass is 35.5. The van der Waals surface area contributed by atoms with Gasteiger partial charge in [0.25, 0.3) is 5.91 Å². The molecule has 0 bridgehead atoms. The van der Waals surface area contributed by atoms with Gasteiger partial charge in [-0.2, -0.15) is 0 Å². The fourth-order valence-electron chi connectivity index (χ4n) is 2.66. The van der Waals surface area contributed by atoms with Gasteiger partial charge in [-0.15, -0.1) is 0 Å². The van der Waals surface area contributed by atoms with E-state index < -0.39 is 11.7 Å². The zero-order valence-electron chi connectivity index (χ0n) is 13.4. The number of hydrogen-bond donors (Lipinski definition) is 1. The topological polar surface area (TPSA) is 41.6 Å². The number of morpholine rings is 1. The summed E-state index contributed by atoms with van der Waals surface area (Å²) < 4.78 is 18.9. The Labute approximate surface area is 155 Å². The first-order chi connectivity index (χ1) is 12.0. The van der Waals surface area contributed by atoms with Crippen molar-refractivity contribution in [3.63, 3.8) is 0 Å². The third kappa shape index (κ3) is 4.70. The van der Waals surface area contributed by atoms with Gasteiger partial charge in [0.15, 0.2) is 0 Å². The van der Waals surface area contributed by atoms with E-state index in [9.17, 15) is 9.18 Å². The quantitative estimate of drug-likeness (QED) is 0.804. The van der Waals surface area contributed by atoms with Crippen LogP contribution in [0, 0.1) is 5.82 Å². The van der Waals surface area contributed by atoms with E-state index in [0.29, 0.717) is 5.69 Å². The van der Waals surface area contributed by atoms with Crippen LogP contribution < -0.4 is 5.32 Å². The molecule has 3 rings (SSSR count). The van der Waals surface area contributed by atoms with Gasteiger partial charge in [-0.3, -0.25) is 9.69 Å². The first-order valence-corrected chi connectivity index (χ1v) is 8.63. The Morgan fingerprint density at radius 2 is 1.92 bits per heavy atom. The van der Waals surface area contributed by atoms with Crippen LogP contribution in [0.5, 0.6) is 0 Å². The number of carbonyl (C=O) groups excluding carboxylic acids is 1. The maximum atomic E-state index is 13.6. The summed E-state index contributed by atoms with van der Waals surface area (Å²) in [5, 5.41) is 2.74. The summed E-state index contributed by atoms with van der Waals surface area (Å²) in [5.41, 5.74) is 1.75. The van der Waals surface area contributed by atoms with Crippen molar-refractivity contribution in [2.45, 2.75) is 6.54 Å². The Morgan fingerprint density at radius 1 is 1.16 bits per heavy atom. The lowest BCUT2D eigenvalue weighted by atomic mass is 10.1. The Morgan fingerprint density at radius 3 is 2.68 bits per heavy atom. The number of halogens is 3. The van der Waals surface area contributed by atoms with E-state index in [1.165, 1.54) is 6.07 Å². The van der Waals surface area contributed by atoms with E-state index in [2.05, 4.69) is 10.2 Å². The summed E-state index contributed by atoms with van der Waals surface area (Å²) in [5.74, 6) is -1.17. The van der Waals surface area contributed by atoms with Gasteiger partial charge in [-0.05, 0) is 29.8 Å². The highest BCUT2D eigenvalue weighted by Crippen LogP contribution is 2.25. The molecule has 1 fully saturated rings. The minimum absolute atomic E-state index is 0.0437. The number of rotatable bonds is 4. The monoisotopic (exact) mass is 382 g/mol. The summed E-state index contributed by atoms with van der Waals surface area (Å²) in [6.07, 6.45) is 0. The van der Waals surface area contributed by atoms with Crippen molar-refractivity contribution in [1.82, 2.24) is 4.90 Å². The molecule has 1 amide bonds. The highest BCUT2D eigenvalue weighted by Gasteiger charge is 2.15. The lowest BCUT2D eigenvalue weighted by molar-refractivity contribution is 0.0342. The van der Waals surface area contributed by atoms with Crippen molar-refractivity contribution in [1.29, 1.82) is 0 Å². The maximum Gasteiger partial charge on any atom is 0.257 e. The van der Waals surface area contributed by atoms with E-state index in [1.54, 1.807) is 6.07 Å². The molecule has 0 atom stereocenters. The molecule has 2 aromatic carbocycles. The Bertz CT molecular complexity index is 780.